The largest absolute Gasteiger partial charge is 0.480 e. The van der Waals surface area contributed by atoms with E-state index in [0.29, 0.717) is 32.9 Å². The highest BCUT2D eigenvalue weighted by Gasteiger charge is 2.09. The Balaban J connectivity index is 1.52. The van der Waals surface area contributed by atoms with Gasteiger partial charge in [0, 0.05) is 17.2 Å². The molecule has 0 atom stereocenters. The molecule has 0 bridgehead atoms. The number of benzene rings is 3. The maximum absolute atomic E-state index is 11.9. The molecular formula is C21H15Cl2NO6. The van der Waals surface area contributed by atoms with Gasteiger partial charge in [-0.05, 0) is 48.0 Å². The highest BCUT2D eigenvalue weighted by molar-refractivity contribution is 6.35. The second kappa shape index (κ2) is 9.96. The number of ether oxygens (including phenoxy) is 3. The van der Waals surface area contributed by atoms with Crippen LogP contribution in [0.3, 0.4) is 0 Å². The zero-order valence-electron chi connectivity index (χ0n) is 15.4. The summed E-state index contributed by atoms with van der Waals surface area (Å²) in [6, 6.07) is 17.3. The van der Waals surface area contributed by atoms with Gasteiger partial charge in [-0.1, -0.05) is 35.3 Å². The molecule has 3 aromatic rings. The molecule has 9 heteroatoms. The summed E-state index contributed by atoms with van der Waals surface area (Å²) in [7, 11) is 0. The SMILES string of the molecule is O=C(COc1ccc(Cl)cc1Cl)OCc1cccc(Oc2ccc([N+](=O)[O-])cc2)c1. The first-order valence-electron chi connectivity index (χ1n) is 8.65. The van der Waals surface area contributed by atoms with Gasteiger partial charge in [0.2, 0.25) is 0 Å². The van der Waals surface area contributed by atoms with Crippen LogP contribution in [0.5, 0.6) is 17.2 Å². The van der Waals surface area contributed by atoms with E-state index in [0.717, 1.165) is 0 Å². The standard InChI is InChI=1S/C21H15Cl2NO6/c22-15-4-9-20(19(23)11-15)28-13-21(25)29-12-14-2-1-3-18(10-14)30-17-7-5-16(6-8-17)24(26)27/h1-11H,12-13H2. The number of nitro benzene ring substituents is 1. The van der Waals surface area contributed by atoms with E-state index in [4.69, 9.17) is 37.4 Å². The lowest BCUT2D eigenvalue weighted by molar-refractivity contribution is -0.384. The van der Waals surface area contributed by atoms with Gasteiger partial charge in [0.1, 0.15) is 23.9 Å². The number of halogens is 2. The molecule has 0 N–H and O–H groups in total. The summed E-state index contributed by atoms with van der Waals surface area (Å²) in [5.74, 6) is 0.712. The van der Waals surface area contributed by atoms with E-state index < -0.39 is 10.9 Å². The van der Waals surface area contributed by atoms with E-state index in [1.165, 1.54) is 30.3 Å². The molecule has 154 valence electrons. The molecule has 0 aliphatic heterocycles. The summed E-state index contributed by atoms with van der Waals surface area (Å²) in [6.07, 6.45) is 0. The molecule has 7 nitrogen and oxygen atoms in total. The highest BCUT2D eigenvalue weighted by Crippen LogP contribution is 2.27. The van der Waals surface area contributed by atoms with E-state index in [2.05, 4.69) is 0 Å². The maximum Gasteiger partial charge on any atom is 0.344 e. The van der Waals surface area contributed by atoms with Crippen molar-refractivity contribution in [3.63, 3.8) is 0 Å². The van der Waals surface area contributed by atoms with E-state index in [1.807, 2.05) is 0 Å². The van der Waals surface area contributed by atoms with E-state index in [1.54, 1.807) is 36.4 Å². The predicted molar refractivity (Wildman–Crippen MR) is 111 cm³/mol. The summed E-state index contributed by atoms with van der Waals surface area (Å²) in [5.41, 5.74) is 0.678. The topological polar surface area (TPSA) is 87.9 Å². The Morgan fingerprint density at radius 3 is 2.43 bits per heavy atom. The lowest BCUT2D eigenvalue weighted by Gasteiger charge is -2.10. The molecule has 0 aliphatic carbocycles. The van der Waals surface area contributed by atoms with Crippen LogP contribution in [-0.2, 0) is 16.1 Å². The number of esters is 1. The summed E-state index contributed by atoms with van der Waals surface area (Å²) < 4.78 is 16.2. The highest BCUT2D eigenvalue weighted by atomic mass is 35.5. The monoisotopic (exact) mass is 447 g/mol. The summed E-state index contributed by atoms with van der Waals surface area (Å²) in [6.45, 7) is -0.283. The van der Waals surface area contributed by atoms with Crippen LogP contribution in [0.25, 0.3) is 0 Å². The van der Waals surface area contributed by atoms with Crippen LogP contribution in [0.15, 0.2) is 66.7 Å². The summed E-state index contributed by atoms with van der Waals surface area (Å²) in [4.78, 5) is 22.1. The van der Waals surface area contributed by atoms with E-state index in [-0.39, 0.29) is 18.9 Å². The van der Waals surface area contributed by atoms with Crippen molar-refractivity contribution in [3.8, 4) is 17.2 Å². The molecule has 0 amide bonds. The number of nitrogens with zero attached hydrogens (tertiary/aromatic N) is 1. The molecule has 0 spiro atoms. The zero-order valence-corrected chi connectivity index (χ0v) is 16.9. The van der Waals surface area contributed by atoms with Crippen molar-refractivity contribution in [2.24, 2.45) is 0 Å². The molecule has 3 aromatic carbocycles. The zero-order chi connectivity index (χ0) is 21.5. The van der Waals surface area contributed by atoms with Crippen molar-refractivity contribution in [1.29, 1.82) is 0 Å². The summed E-state index contributed by atoms with van der Waals surface area (Å²) in [5, 5.41) is 11.5. The fraction of sp³-hybridized carbons (Fsp3) is 0.0952. The van der Waals surface area contributed by atoms with Gasteiger partial charge in [-0.2, -0.15) is 0 Å². The third-order valence-electron chi connectivity index (χ3n) is 3.82. The Hall–Kier alpha value is -3.29. The van der Waals surface area contributed by atoms with Crippen LogP contribution in [0, 0.1) is 10.1 Å². The Labute approximate surface area is 181 Å². The number of rotatable bonds is 8. The molecular weight excluding hydrogens is 433 g/mol. The van der Waals surface area contributed by atoms with Crippen LogP contribution in [0.1, 0.15) is 5.56 Å². The van der Waals surface area contributed by atoms with Gasteiger partial charge in [0.25, 0.3) is 5.69 Å². The van der Waals surface area contributed by atoms with Crippen molar-refractivity contribution < 1.29 is 23.9 Å². The first kappa shape index (κ1) is 21.4. The molecule has 30 heavy (non-hydrogen) atoms. The molecule has 0 saturated heterocycles. The first-order chi connectivity index (χ1) is 14.4. The number of hydrogen-bond donors (Lipinski definition) is 0. The normalized spacial score (nSPS) is 10.3. The average Bonchev–Trinajstić information content (AvgIpc) is 2.72. The van der Waals surface area contributed by atoms with Gasteiger partial charge in [-0.3, -0.25) is 10.1 Å². The van der Waals surface area contributed by atoms with Crippen LogP contribution >= 0.6 is 23.2 Å². The predicted octanol–water partition coefficient (Wildman–Crippen LogP) is 5.82. The van der Waals surface area contributed by atoms with Crippen molar-refractivity contribution in [2.45, 2.75) is 6.61 Å². The van der Waals surface area contributed by atoms with Crippen molar-refractivity contribution in [3.05, 3.63) is 92.5 Å². The third kappa shape index (κ3) is 6.10. The lowest BCUT2D eigenvalue weighted by Crippen LogP contribution is -2.14. The molecule has 0 fully saturated rings. The molecule has 0 aliphatic rings. The minimum Gasteiger partial charge on any atom is -0.480 e. The maximum atomic E-state index is 11.9. The van der Waals surface area contributed by atoms with Crippen LogP contribution < -0.4 is 9.47 Å². The molecule has 0 radical (unpaired) electrons. The van der Waals surface area contributed by atoms with Crippen molar-refractivity contribution in [2.75, 3.05) is 6.61 Å². The van der Waals surface area contributed by atoms with E-state index in [9.17, 15) is 14.9 Å². The minimum absolute atomic E-state index is 0.0218. The Kier molecular flexibility index (Phi) is 7.11. The van der Waals surface area contributed by atoms with Gasteiger partial charge < -0.3 is 14.2 Å². The number of non-ortho nitro benzene ring substituents is 1. The Bertz CT molecular complexity index is 1060. The Morgan fingerprint density at radius 1 is 0.967 bits per heavy atom. The quantitative estimate of drug-likeness (QED) is 0.245. The van der Waals surface area contributed by atoms with Gasteiger partial charge in [0.05, 0.1) is 9.95 Å². The molecule has 0 heterocycles. The lowest BCUT2D eigenvalue weighted by atomic mass is 10.2. The molecule has 0 unspecified atom stereocenters. The number of carbonyl (C=O) groups is 1. The van der Waals surface area contributed by atoms with Gasteiger partial charge in [-0.15, -0.1) is 0 Å². The van der Waals surface area contributed by atoms with Crippen LogP contribution in [-0.4, -0.2) is 17.5 Å². The molecule has 0 saturated carbocycles. The van der Waals surface area contributed by atoms with Gasteiger partial charge in [-0.25, -0.2) is 4.79 Å². The van der Waals surface area contributed by atoms with Gasteiger partial charge >= 0.3 is 5.97 Å². The van der Waals surface area contributed by atoms with Crippen molar-refractivity contribution in [1.82, 2.24) is 0 Å². The number of carbonyl (C=O) groups excluding carboxylic acids is 1. The third-order valence-corrected chi connectivity index (χ3v) is 4.35. The molecule has 3 rings (SSSR count). The van der Waals surface area contributed by atoms with Crippen LogP contribution in [0.4, 0.5) is 5.69 Å². The van der Waals surface area contributed by atoms with Crippen LogP contribution in [0.2, 0.25) is 10.0 Å². The number of hydrogen-bond acceptors (Lipinski definition) is 6. The smallest absolute Gasteiger partial charge is 0.344 e. The van der Waals surface area contributed by atoms with Crippen molar-refractivity contribution >= 4 is 34.9 Å². The molecule has 0 aromatic heterocycles. The fourth-order valence-corrected chi connectivity index (χ4v) is 2.87. The second-order valence-electron chi connectivity index (χ2n) is 6.02. The number of nitro groups is 1. The summed E-state index contributed by atoms with van der Waals surface area (Å²) >= 11 is 11.8. The minimum atomic E-state index is -0.567. The van der Waals surface area contributed by atoms with Gasteiger partial charge in [0.15, 0.2) is 6.61 Å². The second-order valence-corrected chi connectivity index (χ2v) is 6.87. The Morgan fingerprint density at radius 2 is 1.73 bits per heavy atom. The fourth-order valence-electron chi connectivity index (χ4n) is 2.41. The van der Waals surface area contributed by atoms with E-state index >= 15 is 0 Å². The average molecular weight is 448 g/mol. The first-order valence-corrected chi connectivity index (χ1v) is 9.41.